The van der Waals surface area contributed by atoms with E-state index in [4.69, 9.17) is 5.10 Å². The summed E-state index contributed by atoms with van der Waals surface area (Å²) < 4.78 is 1.90. The van der Waals surface area contributed by atoms with Gasteiger partial charge in [0.1, 0.15) is 0 Å². The molecule has 0 saturated carbocycles. The maximum atomic E-state index is 4.74. The van der Waals surface area contributed by atoms with Gasteiger partial charge in [0.25, 0.3) is 0 Å². The first-order valence-electron chi connectivity index (χ1n) is 8.08. The van der Waals surface area contributed by atoms with Gasteiger partial charge in [0.15, 0.2) is 0 Å². The Balaban J connectivity index is 1.83. The molecule has 25 heavy (non-hydrogen) atoms. The summed E-state index contributed by atoms with van der Waals surface area (Å²) in [7, 11) is 1.80. The third-order valence-corrected chi connectivity index (χ3v) is 4.99. The second-order valence-corrected chi connectivity index (χ2v) is 6.45. The van der Waals surface area contributed by atoms with Crippen LogP contribution in [0.4, 0.5) is 0 Å². The van der Waals surface area contributed by atoms with E-state index in [0.29, 0.717) is 0 Å². The molecule has 0 unspecified atom stereocenters. The molecule has 0 saturated heterocycles. The quantitative estimate of drug-likeness (QED) is 0.479. The number of fused-ring (bicyclic) bond motifs is 1. The Morgan fingerprint density at radius 1 is 0.880 bits per heavy atom. The molecule has 3 aromatic carbocycles. The van der Waals surface area contributed by atoms with Gasteiger partial charge in [-0.25, -0.2) is 4.68 Å². The average Bonchev–Trinajstić information content (AvgIpc) is 3.10. The molecular formula is C21H17N3S. The highest BCUT2D eigenvalue weighted by atomic mass is 32.1. The summed E-state index contributed by atoms with van der Waals surface area (Å²) in [6.45, 7) is 0. The molecule has 3 nitrogen and oxygen atoms in total. The van der Waals surface area contributed by atoms with Crippen molar-refractivity contribution >= 4 is 28.3 Å². The topological polar surface area (TPSA) is 29.6 Å². The van der Waals surface area contributed by atoms with E-state index >= 15 is 0 Å². The van der Waals surface area contributed by atoms with Crippen LogP contribution >= 0.6 is 11.3 Å². The largest absolute Gasteiger partial charge is 0.261 e. The Kier molecular flexibility index (Phi) is 4.27. The van der Waals surface area contributed by atoms with Gasteiger partial charge in [0, 0.05) is 23.6 Å². The fourth-order valence-electron chi connectivity index (χ4n) is 2.85. The predicted molar refractivity (Wildman–Crippen MR) is 106 cm³/mol. The summed E-state index contributed by atoms with van der Waals surface area (Å²) in [5, 5.41) is 9.25. The highest BCUT2D eigenvalue weighted by Crippen LogP contribution is 2.20. The van der Waals surface area contributed by atoms with E-state index in [0.717, 1.165) is 21.6 Å². The number of aromatic nitrogens is 1. The molecule has 0 N–H and O–H groups in total. The van der Waals surface area contributed by atoms with Crippen molar-refractivity contribution in [3.8, 4) is 11.3 Å². The van der Waals surface area contributed by atoms with Crippen molar-refractivity contribution in [1.29, 1.82) is 0 Å². The van der Waals surface area contributed by atoms with Crippen molar-refractivity contribution in [1.82, 2.24) is 4.68 Å². The second-order valence-electron chi connectivity index (χ2n) is 5.62. The lowest BCUT2D eigenvalue weighted by Gasteiger charge is -2.04. The average molecular weight is 343 g/mol. The summed E-state index contributed by atoms with van der Waals surface area (Å²) in [5.74, 6) is 0. The van der Waals surface area contributed by atoms with E-state index in [-0.39, 0.29) is 0 Å². The molecule has 4 rings (SSSR count). The van der Waals surface area contributed by atoms with E-state index < -0.39 is 0 Å². The van der Waals surface area contributed by atoms with Crippen LogP contribution in [0.25, 0.3) is 22.0 Å². The number of thiazole rings is 1. The molecule has 4 aromatic rings. The molecule has 0 spiro atoms. The van der Waals surface area contributed by atoms with Gasteiger partial charge in [-0.1, -0.05) is 72.8 Å². The van der Waals surface area contributed by atoms with Crippen molar-refractivity contribution in [3.05, 3.63) is 88.5 Å². The van der Waals surface area contributed by atoms with Crippen LogP contribution in [0.3, 0.4) is 0 Å². The van der Waals surface area contributed by atoms with Gasteiger partial charge in [-0.05, 0) is 10.8 Å². The number of hydrogen-bond acceptors (Lipinski definition) is 3. The van der Waals surface area contributed by atoms with E-state index in [2.05, 4.69) is 65.0 Å². The van der Waals surface area contributed by atoms with Crippen LogP contribution in [0, 0.1) is 0 Å². The first-order chi connectivity index (χ1) is 12.4. The fraction of sp³-hybridized carbons (Fsp3) is 0.0476. The minimum atomic E-state index is 0.871. The zero-order valence-corrected chi connectivity index (χ0v) is 14.6. The number of hydrogen-bond donors (Lipinski definition) is 0. The maximum Gasteiger partial charge on any atom is 0.205 e. The van der Waals surface area contributed by atoms with Crippen LogP contribution in [0.15, 0.2) is 88.3 Å². The fourth-order valence-corrected chi connectivity index (χ4v) is 3.66. The van der Waals surface area contributed by atoms with Gasteiger partial charge in [0.2, 0.25) is 4.80 Å². The van der Waals surface area contributed by atoms with Crippen LogP contribution in [0.5, 0.6) is 0 Å². The lowest BCUT2D eigenvalue weighted by molar-refractivity contribution is 0.848. The first kappa shape index (κ1) is 15.5. The maximum absolute atomic E-state index is 4.74. The third kappa shape index (κ3) is 3.04. The molecule has 0 fully saturated rings. The van der Waals surface area contributed by atoms with Crippen LogP contribution in [0.1, 0.15) is 5.56 Å². The van der Waals surface area contributed by atoms with Gasteiger partial charge in [-0.3, -0.25) is 4.99 Å². The van der Waals surface area contributed by atoms with Gasteiger partial charge < -0.3 is 0 Å². The number of benzene rings is 3. The lowest BCUT2D eigenvalue weighted by Crippen LogP contribution is -2.11. The molecular weight excluding hydrogens is 326 g/mol. The van der Waals surface area contributed by atoms with E-state index in [1.54, 1.807) is 18.4 Å². The molecule has 1 aromatic heterocycles. The molecule has 0 atom stereocenters. The second kappa shape index (κ2) is 6.87. The summed E-state index contributed by atoms with van der Waals surface area (Å²) in [6, 6.07) is 24.9. The summed E-state index contributed by atoms with van der Waals surface area (Å²) in [4.78, 5) is 5.23. The SMILES string of the molecule is CN=c1scc(-c2ccccc2)n1N=Cc1cccc2ccccc12. The zero-order valence-electron chi connectivity index (χ0n) is 13.8. The molecule has 0 bridgehead atoms. The van der Waals surface area contributed by atoms with Gasteiger partial charge in [0.05, 0.1) is 11.9 Å². The van der Waals surface area contributed by atoms with Crippen LogP contribution in [0.2, 0.25) is 0 Å². The summed E-state index contributed by atoms with van der Waals surface area (Å²) >= 11 is 1.59. The molecule has 0 aliphatic carbocycles. The van der Waals surface area contributed by atoms with Crippen molar-refractivity contribution in [2.45, 2.75) is 0 Å². The zero-order chi connectivity index (χ0) is 17.1. The smallest absolute Gasteiger partial charge is 0.205 e. The molecule has 0 amide bonds. The van der Waals surface area contributed by atoms with Crippen LogP contribution in [-0.2, 0) is 0 Å². The standard InChI is InChI=1S/C21H17N3S/c1-22-21-24(20(15-25-21)17-9-3-2-4-10-17)23-14-18-12-7-11-16-8-5-6-13-19(16)18/h2-15H,1H3. The Labute approximate surface area is 150 Å². The molecule has 0 aliphatic rings. The Morgan fingerprint density at radius 3 is 2.48 bits per heavy atom. The third-order valence-electron chi connectivity index (χ3n) is 4.08. The van der Waals surface area contributed by atoms with Gasteiger partial charge in [-0.15, -0.1) is 11.3 Å². The Morgan fingerprint density at radius 2 is 1.64 bits per heavy atom. The van der Waals surface area contributed by atoms with Crippen molar-refractivity contribution in [3.63, 3.8) is 0 Å². The molecule has 0 radical (unpaired) electrons. The predicted octanol–water partition coefficient (Wildman–Crippen LogP) is 4.78. The van der Waals surface area contributed by atoms with E-state index in [9.17, 15) is 0 Å². The summed E-state index contributed by atoms with van der Waals surface area (Å²) in [6.07, 6.45) is 1.91. The van der Waals surface area contributed by atoms with E-state index in [1.165, 1.54) is 10.8 Å². The monoisotopic (exact) mass is 343 g/mol. The number of rotatable bonds is 3. The van der Waals surface area contributed by atoms with Crippen molar-refractivity contribution in [2.24, 2.45) is 10.1 Å². The van der Waals surface area contributed by atoms with Crippen molar-refractivity contribution in [2.75, 3.05) is 7.05 Å². The first-order valence-corrected chi connectivity index (χ1v) is 8.96. The molecule has 1 heterocycles. The van der Waals surface area contributed by atoms with Crippen molar-refractivity contribution < 1.29 is 0 Å². The summed E-state index contributed by atoms with van der Waals surface area (Å²) in [5.41, 5.74) is 3.27. The number of nitrogens with zero attached hydrogens (tertiary/aromatic N) is 3. The lowest BCUT2D eigenvalue weighted by atomic mass is 10.1. The van der Waals surface area contributed by atoms with Gasteiger partial charge in [-0.2, -0.15) is 5.10 Å². The van der Waals surface area contributed by atoms with E-state index in [1.807, 2.05) is 29.1 Å². The van der Waals surface area contributed by atoms with Crippen LogP contribution < -0.4 is 4.80 Å². The normalized spacial score (nSPS) is 12.3. The highest BCUT2D eigenvalue weighted by Gasteiger charge is 2.06. The Hall–Kier alpha value is -2.98. The highest BCUT2D eigenvalue weighted by molar-refractivity contribution is 7.07. The van der Waals surface area contributed by atoms with Crippen LogP contribution in [-0.4, -0.2) is 17.9 Å². The minimum Gasteiger partial charge on any atom is -0.261 e. The molecule has 122 valence electrons. The Bertz CT molecular complexity index is 1100. The van der Waals surface area contributed by atoms with Gasteiger partial charge >= 0.3 is 0 Å². The molecule has 4 heteroatoms. The molecule has 0 aliphatic heterocycles. The minimum absolute atomic E-state index is 0.871.